The van der Waals surface area contributed by atoms with Crippen LogP contribution in [-0.2, 0) is 6.42 Å². The molecule has 0 saturated carbocycles. The minimum Gasteiger partial charge on any atom is -0.478 e. The summed E-state index contributed by atoms with van der Waals surface area (Å²) >= 11 is 12.1. The molecule has 3 N–H and O–H groups in total. The molecule has 1 aromatic heterocycles. The molecule has 0 radical (unpaired) electrons. The summed E-state index contributed by atoms with van der Waals surface area (Å²) in [7, 11) is 0. The molecule has 4 rings (SSSR count). The molecule has 4 aromatic rings. The van der Waals surface area contributed by atoms with Crippen LogP contribution < -0.4 is 10.5 Å². The number of carbonyl (C=O) groups is 1. The Bertz CT molecular complexity index is 1290. The molecule has 0 aliphatic rings. The van der Waals surface area contributed by atoms with Crippen LogP contribution in [0, 0.1) is 5.82 Å². The Labute approximate surface area is 191 Å². The summed E-state index contributed by atoms with van der Waals surface area (Å²) < 4.78 is 26.3. The maximum absolute atomic E-state index is 15.1. The van der Waals surface area contributed by atoms with Gasteiger partial charge < -0.3 is 20.0 Å². The molecule has 10 heteroatoms. The van der Waals surface area contributed by atoms with E-state index < -0.39 is 11.8 Å². The van der Waals surface area contributed by atoms with E-state index >= 15 is 4.39 Å². The van der Waals surface area contributed by atoms with Crippen LogP contribution in [0.4, 0.5) is 10.1 Å². The quantitative estimate of drug-likeness (QED) is 0.338. The average molecular weight is 474 g/mol. The number of rotatable bonds is 6. The van der Waals surface area contributed by atoms with E-state index in [4.69, 9.17) is 43.2 Å². The first-order valence-electron chi connectivity index (χ1n) is 9.17. The Hall–Kier alpha value is -3.62. The second-order valence-electron chi connectivity index (χ2n) is 6.73. The zero-order valence-corrected chi connectivity index (χ0v) is 17.7. The number of ether oxygens (including phenoxy) is 1. The van der Waals surface area contributed by atoms with Gasteiger partial charge in [-0.3, -0.25) is 0 Å². The molecule has 0 aliphatic carbocycles. The van der Waals surface area contributed by atoms with Crippen molar-refractivity contribution in [2.24, 2.45) is 0 Å². The largest absolute Gasteiger partial charge is 0.478 e. The molecule has 3 aromatic carbocycles. The van der Waals surface area contributed by atoms with Gasteiger partial charge in [0, 0.05) is 27.9 Å². The number of halogens is 3. The van der Waals surface area contributed by atoms with E-state index in [2.05, 4.69) is 10.2 Å². The maximum Gasteiger partial charge on any atom is 0.335 e. The van der Waals surface area contributed by atoms with Crippen molar-refractivity contribution in [3.8, 4) is 23.0 Å². The normalized spacial score (nSPS) is 10.8. The van der Waals surface area contributed by atoms with Crippen LogP contribution in [0.1, 0.15) is 21.8 Å². The van der Waals surface area contributed by atoms with Crippen LogP contribution in [0.5, 0.6) is 11.5 Å². The van der Waals surface area contributed by atoms with Crippen LogP contribution in [-0.4, -0.2) is 21.3 Å². The van der Waals surface area contributed by atoms with Crippen molar-refractivity contribution in [1.82, 2.24) is 10.2 Å². The lowest BCUT2D eigenvalue weighted by Gasteiger charge is -2.12. The van der Waals surface area contributed by atoms with Crippen LogP contribution >= 0.6 is 23.2 Å². The molecule has 0 saturated heterocycles. The van der Waals surface area contributed by atoms with Gasteiger partial charge in [0.25, 0.3) is 0 Å². The fourth-order valence-corrected chi connectivity index (χ4v) is 3.34. The Balaban J connectivity index is 1.57. The van der Waals surface area contributed by atoms with Gasteiger partial charge in [-0.15, -0.1) is 10.2 Å². The van der Waals surface area contributed by atoms with E-state index in [9.17, 15) is 4.79 Å². The second-order valence-corrected chi connectivity index (χ2v) is 7.58. The molecule has 0 unspecified atom stereocenters. The zero-order chi connectivity index (χ0) is 22.8. The zero-order valence-electron chi connectivity index (χ0n) is 16.2. The summed E-state index contributed by atoms with van der Waals surface area (Å²) in [6, 6.07) is 13.4. The van der Waals surface area contributed by atoms with Gasteiger partial charge in [-0.2, -0.15) is 0 Å². The van der Waals surface area contributed by atoms with Gasteiger partial charge in [-0.25, -0.2) is 9.18 Å². The van der Waals surface area contributed by atoms with Gasteiger partial charge in [0.1, 0.15) is 5.75 Å². The number of anilines is 1. The predicted molar refractivity (Wildman–Crippen MR) is 117 cm³/mol. The number of benzene rings is 3. The number of hydrogen-bond acceptors (Lipinski definition) is 6. The van der Waals surface area contributed by atoms with Crippen molar-refractivity contribution in [1.29, 1.82) is 0 Å². The molecule has 32 heavy (non-hydrogen) atoms. The third-order valence-electron chi connectivity index (χ3n) is 4.43. The lowest BCUT2D eigenvalue weighted by atomic mass is 10.1. The molecular weight excluding hydrogens is 460 g/mol. The number of aromatic nitrogens is 2. The Morgan fingerprint density at radius 1 is 1.09 bits per heavy atom. The number of hydrogen-bond donors (Lipinski definition) is 2. The molecular formula is C22H14Cl2FN3O4. The predicted octanol–water partition coefficient (Wildman–Crippen LogP) is 5.85. The Morgan fingerprint density at radius 3 is 2.53 bits per heavy atom. The molecule has 1 heterocycles. The van der Waals surface area contributed by atoms with Gasteiger partial charge in [0.15, 0.2) is 11.6 Å². The van der Waals surface area contributed by atoms with Gasteiger partial charge >= 0.3 is 5.97 Å². The second kappa shape index (κ2) is 8.86. The summed E-state index contributed by atoms with van der Waals surface area (Å²) in [6.07, 6.45) is -0.0166. The number of carboxylic acids is 1. The highest BCUT2D eigenvalue weighted by Gasteiger charge is 2.18. The molecule has 7 nitrogen and oxygen atoms in total. The van der Waals surface area contributed by atoms with Crippen molar-refractivity contribution in [3.05, 3.63) is 87.5 Å². The number of nitrogens with zero attached hydrogens (tertiary/aromatic N) is 2. The van der Waals surface area contributed by atoms with Gasteiger partial charge in [0.05, 0.1) is 17.0 Å². The standard InChI is InChI=1S/C22H14Cl2FN3O4/c23-14-8-15(26)10-16(9-14)31-20-17(24)6-5-13(19(20)25)7-18-27-28-21(32-18)11-1-3-12(4-2-11)22(29)30/h1-6,8-10H,7,26H2,(H,29,30). The third kappa shape index (κ3) is 4.66. The van der Waals surface area contributed by atoms with Crippen LogP contribution in [0.15, 0.2) is 59.0 Å². The molecule has 0 amide bonds. The first-order chi connectivity index (χ1) is 15.3. The van der Waals surface area contributed by atoms with E-state index in [-0.39, 0.29) is 45.9 Å². The van der Waals surface area contributed by atoms with Gasteiger partial charge in [-0.1, -0.05) is 29.3 Å². The fourth-order valence-electron chi connectivity index (χ4n) is 2.92. The van der Waals surface area contributed by atoms with Gasteiger partial charge in [-0.05, 0) is 42.5 Å². The summed E-state index contributed by atoms with van der Waals surface area (Å²) in [5.74, 6) is -1.35. The monoisotopic (exact) mass is 473 g/mol. The van der Waals surface area contributed by atoms with E-state index in [1.807, 2.05) is 0 Å². The molecule has 0 spiro atoms. The smallest absolute Gasteiger partial charge is 0.335 e. The van der Waals surface area contributed by atoms with Crippen molar-refractivity contribution < 1.29 is 23.4 Å². The summed E-state index contributed by atoms with van der Waals surface area (Å²) in [5.41, 5.74) is 6.99. The van der Waals surface area contributed by atoms with Crippen LogP contribution in [0.3, 0.4) is 0 Å². The number of nitrogens with two attached hydrogens (primary N) is 1. The average Bonchev–Trinajstić information content (AvgIpc) is 3.21. The van der Waals surface area contributed by atoms with Crippen molar-refractivity contribution >= 4 is 34.9 Å². The minimum absolute atomic E-state index is 0.0166. The highest BCUT2D eigenvalue weighted by Crippen LogP contribution is 2.36. The fraction of sp³-hybridized carbons (Fsp3) is 0.0455. The highest BCUT2D eigenvalue weighted by atomic mass is 35.5. The molecule has 162 valence electrons. The summed E-state index contributed by atoms with van der Waals surface area (Å²) in [4.78, 5) is 11.0. The minimum atomic E-state index is -1.04. The Morgan fingerprint density at radius 2 is 1.84 bits per heavy atom. The van der Waals surface area contributed by atoms with E-state index in [1.54, 1.807) is 12.1 Å². The van der Waals surface area contributed by atoms with Crippen molar-refractivity contribution in [2.45, 2.75) is 6.42 Å². The lowest BCUT2D eigenvalue weighted by Crippen LogP contribution is -1.98. The number of aromatic carboxylic acids is 1. The molecule has 0 aliphatic heterocycles. The lowest BCUT2D eigenvalue weighted by molar-refractivity contribution is 0.0697. The van der Waals surface area contributed by atoms with Crippen LogP contribution in [0.25, 0.3) is 11.5 Å². The summed E-state index contributed by atoms with van der Waals surface area (Å²) in [6.45, 7) is 0. The summed E-state index contributed by atoms with van der Waals surface area (Å²) in [5, 5.41) is 17.3. The molecule has 0 bridgehead atoms. The van der Waals surface area contributed by atoms with Crippen molar-refractivity contribution in [3.63, 3.8) is 0 Å². The first-order valence-corrected chi connectivity index (χ1v) is 9.92. The first kappa shape index (κ1) is 21.6. The maximum atomic E-state index is 15.1. The van der Waals surface area contributed by atoms with Crippen LogP contribution in [0.2, 0.25) is 10.0 Å². The highest BCUT2D eigenvalue weighted by molar-refractivity contribution is 6.32. The number of nitrogen functional groups attached to an aromatic ring is 1. The van der Waals surface area contributed by atoms with Gasteiger partial charge in [0.2, 0.25) is 11.8 Å². The van der Waals surface area contributed by atoms with E-state index in [0.29, 0.717) is 16.3 Å². The number of carboxylic acid groups (broad SMARTS) is 1. The SMILES string of the molecule is Nc1cc(Cl)cc(Oc2c(Cl)ccc(Cc3nnc(-c4ccc(C(=O)O)cc4)o3)c2F)c1. The van der Waals surface area contributed by atoms with E-state index in [1.165, 1.54) is 42.5 Å². The third-order valence-corrected chi connectivity index (χ3v) is 4.95. The molecule has 0 fully saturated rings. The van der Waals surface area contributed by atoms with E-state index in [0.717, 1.165) is 0 Å². The topological polar surface area (TPSA) is 111 Å². The Kier molecular flexibility index (Phi) is 5.98. The van der Waals surface area contributed by atoms with Crippen molar-refractivity contribution in [2.75, 3.05) is 5.73 Å². The molecule has 0 atom stereocenters.